The van der Waals surface area contributed by atoms with Gasteiger partial charge in [-0.2, -0.15) is 0 Å². The molecule has 1 aromatic heterocycles. The third-order valence-electron chi connectivity index (χ3n) is 3.25. The number of fused-ring (bicyclic) bond motifs is 1. The van der Waals surface area contributed by atoms with Crippen molar-refractivity contribution in [1.82, 2.24) is 14.8 Å². The molecule has 0 radical (unpaired) electrons. The number of carbonyl (C=O) groups excluding carboxylic acids is 1. The second-order valence-electron chi connectivity index (χ2n) is 5.97. The van der Waals surface area contributed by atoms with Crippen LogP contribution in [0.3, 0.4) is 0 Å². The highest BCUT2D eigenvalue weighted by atomic mass is 16.5. The molecule has 1 aromatic carbocycles. The molecule has 27 heavy (non-hydrogen) atoms. The number of esters is 1. The van der Waals surface area contributed by atoms with Crippen molar-refractivity contribution in [3.8, 4) is 5.75 Å². The highest BCUT2D eigenvalue weighted by molar-refractivity contribution is 5.91. The Hall–Kier alpha value is -2.91. The van der Waals surface area contributed by atoms with Gasteiger partial charge in [-0.1, -0.05) is 6.07 Å². The maximum atomic E-state index is 11.9. The maximum absolute atomic E-state index is 11.9. The Balaban J connectivity index is 0.000000997. The van der Waals surface area contributed by atoms with Crippen LogP contribution in [0.25, 0.3) is 10.9 Å². The van der Waals surface area contributed by atoms with E-state index in [2.05, 4.69) is 9.88 Å². The van der Waals surface area contributed by atoms with Crippen molar-refractivity contribution in [1.29, 1.82) is 0 Å². The fourth-order valence-electron chi connectivity index (χ4n) is 2.26. The lowest BCUT2D eigenvalue weighted by Crippen LogP contribution is -2.25. The largest absolute Gasteiger partial charge is 0.483 e. The lowest BCUT2D eigenvalue weighted by atomic mass is 10.1. The molecule has 0 saturated carbocycles. The van der Waals surface area contributed by atoms with Gasteiger partial charge in [-0.25, -0.2) is 0 Å². The number of carbonyl (C=O) groups is 3. The Bertz CT molecular complexity index is 706. The van der Waals surface area contributed by atoms with Crippen LogP contribution in [0.2, 0.25) is 0 Å². The molecule has 0 amide bonds. The van der Waals surface area contributed by atoms with Gasteiger partial charge in [0.2, 0.25) is 0 Å². The SMILES string of the molecule is CN(C)CCc1c[nH]c2cccc(OC(=O)CN(C)C)c12.O=CO.O=CO. The summed E-state index contributed by atoms with van der Waals surface area (Å²) in [6.45, 7) is 0.723. The van der Waals surface area contributed by atoms with E-state index in [0.717, 1.165) is 23.9 Å². The van der Waals surface area contributed by atoms with Crippen LogP contribution >= 0.6 is 0 Å². The predicted octanol–water partition coefficient (Wildman–Crippen LogP) is 1.14. The fourth-order valence-corrected chi connectivity index (χ4v) is 2.26. The molecule has 0 fully saturated rings. The minimum Gasteiger partial charge on any atom is -0.483 e. The molecule has 0 aliphatic heterocycles. The van der Waals surface area contributed by atoms with Gasteiger partial charge in [-0.3, -0.25) is 19.3 Å². The van der Waals surface area contributed by atoms with Gasteiger partial charge in [-0.05, 0) is 52.3 Å². The zero-order chi connectivity index (χ0) is 20.8. The van der Waals surface area contributed by atoms with Crippen molar-refractivity contribution in [2.75, 3.05) is 41.3 Å². The molecule has 0 atom stereocenters. The van der Waals surface area contributed by atoms with Crippen LogP contribution in [0.1, 0.15) is 5.56 Å². The molecule has 2 rings (SSSR count). The summed E-state index contributed by atoms with van der Waals surface area (Å²) in [6.07, 6.45) is 2.91. The van der Waals surface area contributed by atoms with Crippen molar-refractivity contribution in [2.24, 2.45) is 0 Å². The third kappa shape index (κ3) is 9.38. The number of hydrogen-bond donors (Lipinski definition) is 3. The summed E-state index contributed by atoms with van der Waals surface area (Å²) in [5, 5.41) is 14.8. The van der Waals surface area contributed by atoms with E-state index in [1.165, 1.54) is 5.56 Å². The van der Waals surface area contributed by atoms with E-state index < -0.39 is 0 Å². The smallest absolute Gasteiger partial charge is 0.325 e. The van der Waals surface area contributed by atoms with Gasteiger partial charge in [0.1, 0.15) is 5.75 Å². The van der Waals surface area contributed by atoms with Gasteiger partial charge >= 0.3 is 5.97 Å². The Labute approximate surface area is 158 Å². The van der Waals surface area contributed by atoms with Crippen molar-refractivity contribution in [3.63, 3.8) is 0 Å². The molecule has 1 heterocycles. The van der Waals surface area contributed by atoms with Gasteiger partial charge in [0.15, 0.2) is 0 Å². The summed E-state index contributed by atoms with van der Waals surface area (Å²) < 4.78 is 5.53. The lowest BCUT2D eigenvalue weighted by Gasteiger charge is -2.12. The van der Waals surface area contributed by atoms with E-state index in [-0.39, 0.29) is 25.5 Å². The minimum absolute atomic E-state index is 0.243. The van der Waals surface area contributed by atoms with Gasteiger partial charge in [-0.15, -0.1) is 0 Å². The van der Waals surface area contributed by atoms with Crippen LogP contribution in [0.4, 0.5) is 0 Å². The molecule has 9 nitrogen and oxygen atoms in total. The van der Waals surface area contributed by atoms with Crippen molar-refractivity contribution in [3.05, 3.63) is 30.0 Å². The number of nitrogens with one attached hydrogen (secondary N) is 1. The number of ether oxygens (including phenoxy) is 1. The molecule has 3 N–H and O–H groups in total. The van der Waals surface area contributed by atoms with E-state index in [1.807, 2.05) is 52.6 Å². The normalized spacial score (nSPS) is 9.85. The number of likely N-dealkylation sites (N-methyl/N-ethyl adjacent to an activating group) is 2. The van der Waals surface area contributed by atoms with E-state index in [9.17, 15) is 4.79 Å². The Morgan fingerprint density at radius 3 is 2.22 bits per heavy atom. The molecular weight excluding hydrogens is 354 g/mol. The lowest BCUT2D eigenvalue weighted by molar-refractivity contribution is -0.135. The summed E-state index contributed by atoms with van der Waals surface area (Å²) in [6, 6.07) is 5.74. The molecule has 2 aromatic rings. The van der Waals surface area contributed by atoms with Gasteiger partial charge in [0.05, 0.1) is 6.54 Å². The minimum atomic E-state index is -0.250. The number of hydrogen-bond acceptors (Lipinski definition) is 6. The summed E-state index contributed by atoms with van der Waals surface area (Å²) in [4.78, 5) is 35.8. The van der Waals surface area contributed by atoms with E-state index >= 15 is 0 Å². The molecular formula is C18H27N3O6. The number of H-pyrrole nitrogens is 1. The van der Waals surface area contributed by atoms with Crippen molar-refractivity contribution in [2.45, 2.75) is 6.42 Å². The number of nitrogens with zero attached hydrogens (tertiary/aromatic N) is 2. The molecule has 0 aliphatic rings. The molecule has 9 heteroatoms. The molecule has 0 aliphatic carbocycles. The van der Waals surface area contributed by atoms with Crippen LogP contribution in [-0.2, 0) is 20.8 Å². The first-order chi connectivity index (χ1) is 12.8. The van der Waals surface area contributed by atoms with Crippen LogP contribution in [0.5, 0.6) is 5.75 Å². The number of benzene rings is 1. The van der Waals surface area contributed by atoms with Crippen LogP contribution in [-0.4, -0.2) is 85.2 Å². The first-order valence-corrected chi connectivity index (χ1v) is 8.05. The molecule has 0 unspecified atom stereocenters. The van der Waals surface area contributed by atoms with Crippen molar-refractivity contribution < 1.29 is 29.3 Å². The van der Waals surface area contributed by atoms with E-state index in [0.29, 0.717) is 5.75 Å². The zero-order valence-electron chi connectivity index (χ0n) is 16.0. The van der Waals surface area contributed by atoms with Crippen molar-refractivity contribution >= 4 is 29.8 Å². The average molecular weight is 381 g/mol. The van der Waals surface area contributed by atoms with Gasteiger partial charge in [0, 0.05) is 23.6 Å². The number of aromatic amines is 1. The zero-order valence-corrected chi connectivity index (χ0v) is 16.0. The first-order valence-electron chi connectivity index (χ1n) is 8.05. The molecule has 150 valence electrons. The van der Waals surface area contributed by atoms with Crippen LogP contribution in [0, 0.1) is 0 Å². The Morgan fingerprint density at radius 1 is 1.11 bits per heavy atom. The third-order valence-corrected chi connectivity index (χ3v) is 3.25. The fraction of sp³-hybridized carbons (Fsp3) is 0.389. The number of aromatic nitrogens is 1. The highest BCUT2D eigenvalue weighted by Crippen LogP contribution is 2.29. The van der Waals surface area contributed by atoms with Gasteiger partial charge in [0.25, 0.3) is 12.9 Å². The summed E-state index contributed by atoms with van der Waals surface area (Å²) in [7, 11) is 7.79. The summed E-state index contributed by atoms with van der Waals surface area (Å²) in [5.41, 5.74) is 2.17. The van der Waals surface area contributed by atoms with E-state index in [4.69, 9.17) is 24.5 Å². The second kappa shape index (κ2) is 13.3. The maximum Gasteiger partial charge on any atom is 0.325 e. The standard InChI is InChI=1S/C16H23N3O2.2CH2O2/c1-18(2)9-8-12-10-17-13-6-5-7-14(16(12)13)21-15(20)11-19(3)4;2*2-1-3/h5-7,10,17H,8-9,11H2,1-4H3;2*1H,(H,2,3). The average Bonchev–Trinajstić information content (AvgIpc) is 2.98. The molecule has 0 spiro atoms. The van der Waals surface area contributed by atoms with Crippen LogP contribution in [0.15, 0.2) is 24.4 Å². The quantitative estimate of drug-likeness (QED) is 0.387. The van der Waals surface area contributed by atoms with E-state index in [1.54, 1.807) is 4.90 Å². The Kier molecular flexibility index (Phi) is 11.9. The summed E-state index contributed by atoms with van der Waals surface area (Å²) >= 11 is 0. The molecule has 0 bridgehead atoms. The predicted molar refractivity (Wildman–Crippen MR) is 102 cm³/mol. The monoisotopic (exact) mass is 381 g/mol. The number of rotatable bonds is 6. The first kappa shape index (κ1) is 24.1. The Morgan fingerprint density at radius 2 is 1.70 bits per heavy atom. The highest BCUT2D eigenvalue weighted by Gasteiger charge is 2.13. The van der Waals surface area contributed by atoms with Crippen LogP contribution < -0.4 is 4.74 Å². The summed E-state index contributed by atoms with van der Waals surface area (Å²) in [5.74, 6) is 0.390. The van der Waals surface area contributed by atoms with Gasteiger partial charge < -0.3 is 24.8 Å². The second-order valence-corrected chi connectivity index (χ2v) is 5.97. The number of carboxylic acid groups (broad SMARTS) is 2. The topological polar surface area (TPSA) is 123 Å². The molecule has 0 saturated heterocycles.